The Morgan fingerprint density at radius 2 is 2.40 bits per heavy atom. The third-order valence-electron chi connectivity index (χ3n) is 2.17. The van der Waals surface area contributed by atoms with Gasteiger partial charge >= 0.3 is 0 Å². The topological polar surface area (TPSA) is 49.2 Å². The predicted octanol–water partition coefficient (Wildman–Crippen LogP) is 1.83. The summed E-state index contributed by atoms with van der Waals surface area (Å²) < 4.78 is 5.05. The van der Waals surface area contributed by atoms with Gasteiger partial charge in [-0.15, -0.1) is 0 Å². The molecule has 0 aliphatic heterocycles. The Balaban J connectivity index is 2.77. The number of hydrogen-bond donors (Lipinski definition) is 0. The molecule has 4 nitrogen and oxygen atoms in total. The molecule has 1 aromatic heterocycles. The minimum absolute atomic E-state index is 0.526. The quantitative estimate of drug-likeness (QED) is 0.735. The molecule has 0 aliphatic carbocycles. The molecule has 80 valence electrons. The molecule has 0 aromatic carbocycles. The van der Waals surface area contributed by atoms with Crippen molar-refractivity contribution in [3.8, 4) is 11.9 Å². The van der Waals surface area contributed by atoms with Gasteiger partial charge in [0.1, 0.15) is 0 Å². The molecule has 0 amide bonds. The first-order valence-corrected chi connectivity index (χ1v) is 4.93. The summed E-state index contributed by atoms with van der Waals surface area (Å²) in [4.78, 5) is 6.16. The van der Waals surface area contributed by atoms with Gasteiger partial charge < -0.3 is 9.64 Å². The second-order valence-corrected chi connectivity index (χ2v) is 3.04. The Bertz CT molecular complexity index is 346. The highest BCUT2D eigenvalue weighted by Crippen LogP contribution is 2.18. The van der Waals surface area contributed by atoms with E-state index in [9.17, 15) is 0 Å². The van der Waals surface area contributed by atoms with Crippen LogP contribution in [0.3, 0.4) is 0 Å². The van der Waals surface area contributed by atoms with Crippen LogP contribution in [0.4, 0.5) is 5.69 Å². The summed E-state index contributed by atoms with van der Waals surface area (Å²) in [5.74, 6) is 0.600. The average Bonchev–Trinajstić information content (AvgIpc) is 2.30. The number of anilines is 1. The highest BCUT2D eigenvalue weighted by atomic mass is 16.5. The maximum absolute atomic E-state index is 8.54. The average molecular weight is 205 g/mol. The summed E-state index contributed by atoms with van der Waals surface area (Å²) in [5, 5.41) is 8.54. The summed E-state index contributed by atoms with van der Waals surface area (Å²) in [7, 11) is 1.59. The molecule has 1 aromatic rings. The van der Waals surface area contributed by atoms with E-state index in [0.717, 1.165) is 18.8 Å². The van der Waals surface area contributed by atoms with Gasteiger partial charge in [0, 0.05) is 31.0 Å². The molecule has 4 heteroatoms. The van der Waals surface area contributed by atoms with Gasteiger partial charge in [-0.05, 0) is 13.0 Å². The first-order valence-electron chi connectivity index (χ1n) is 4.93. The van der Waals surface area contributed by atoms with Crippen molar-refractivity contribution in [3.63, 3.8) is 0 Å². The first-order chi connectivity index (χ1) is 7.31. The number of aromatic nitrogens is 1. The van der Waals surface area contributed by atoms with E-state index in [2.05, 4.69) is 22.9 Å². The van der Waals surface area contributed by atoms with Crippen molar-refractivity contribution in [1.82, 2.24) is 4.98 Å². The van der Waals surface area contributed by atoms with E-state index in [-0.39, 0.29) is 0 Å². The van der Waals surface area contributed by atoms with Crippen LogP contribution in [-0.2, 0) is 0 Å². The molecule has 0 fully saturated rings. The molecule has 15 heavy (non-hydrogen) atoms. The number of pyridine rings is 1. The van der Waals surface area contributed by atoms with Crippen LogP contribution in [0.25, 0.3) is 0 Å². The van der Waals surface area contributed by atoms with Crippen LogP contribution >= 0.6 is 0 Å². The highest BCUT2D eigenvalue weighted by Gasteiger charge is 2.04. The van der Waals surface area contributed by atoms with Crippen LogP contribution in [-0.4, -0.2) is 25.2 Å². The van der Waals surface area contributed by atoms with Crippen molar-refractivity contribution in [2.45, 2.75) is 13.3 Å². The third kappa shape index (κ3) is 3.13. The summed E-state index contributed by atoms with van der Waals surface area (Å²) in [6, 6.07) is 5.94. The van der Waals surface area contributed by atoms with E-state index in [0.29, 0.717) is 12.3 Å². The van der Waals surface area contributed by atoms with Gasteiger partial charge in [0.25, 0.3) is 0 Å². The molecule has 0 saturated heterocycles. The maximum atomic E-state index is 8.54. The molecular weight excluding hydrogens is 190 g/mol. The van der Waals surface area contributed by atoms with Crippen molar-refractivity contribution in [1.29, 1.82) is 5.26 Å². The van der Waals surface area contributed by atoms with E-state index in [1.165, 1.54) is 0 Å². The fraction of sp³-hybridized carbons (Fsp3) is 0.455. The molecule has 1 heterocycles. The van der Waals surface area contributed by atoms with Gasteiger partial charge in [0.15, 0.2) is 0 Å². The maximum Gasteiger partial charge on any atom is 0.214 e. The minimum atomic E-state index is 0.526. The van der Waals surface area contributed by atoms with Crippen LogP contribution < -0.4 is 9.64 Å². The number of ether oxygens (including phenoxy) is 1. The lowest BCUT2D eigenvalue weighted by atomic mass is 10.3. The number of rotatable bonds is 5. The number of hydrogen-bond acceptors (Lipinski definition) is 4. The largest absolute Gasteiger partial charge is 0.481 e. The lowest BCUT2D eigenvalue weighted by molar-refractivity contribution is 0.398. The van der Waals surface area contributed by atoms with E-state index in [4.69, 9.17) is 10.00 Å². The van der Waals surface area contributed by atoms with Crippen molar-refractivity contribution in [2.75, 3.05) is 25.1 Å². The molecular formula is C11H15N3O. The van der Waals surface area contributed by atoms with Crippen LogP contribution in [0.15, 0.2) is 18.3 Å². The molecule has 0 N–H and O–H groups in total. The van der Waals surface area contributed by atoms with Gasteiger partial charge in [0.05, 0.1) is 19.6 Å². The van der Waals surface area contributed by atoms with Crippen LogP contribution in [0.2, 0.25) is 0 Å². The van der Waals surface area contributed by atoms with Crippen LogP contribution in [0, 0.1) is 11.3 Å². The van der Waals surface area contributed by atoms with Gasteiger partial charge in [0.2, 0.25) is 5.88 Å². The molecule has 0 spiro atoms. The third-order valence-corrected chi connectivity index (χ3v) is 2.17. The fourth-order valence-corrected chi connectivity index (χ4v) is 1.36. The van der Waals surface area contributed by atoms with E-state index < -0.39 is 0 Å². The Labute approximate surface area is 90.1 Å². The molecule has 0 atom stereocenters. The van der Waals surface area contributed by atoms with E-state index in [1.54, 1.807) is 13.3 Å². The highest BCUT2D eigenvalue weighted by molar-refractivity contribution is 5.47. The van der Waals surface area contributed by atoms with Crippen molar-refractivity contribution < 1.29 is 4.74 Å². The fourth-order valence-electron chi connectivity index (χ4n) is 1.36. The Morgan fingerprint density at radius 3 is 3.00 bits per heavy atom. The molecule has 0 saturated carbocycles. The minimum Gasteiger partial charge on any atom is -0.481 e. The standard InChI is InChI=1S/C11H15N3O/c1-3-14(8-4-6-12)10-5-7-13-11(9-10)15-2/h5,7,9H,3-4,8H2,1-2H3. The summed E-state index contributed by atoms with van der Waals surface area (Å²) in [5.41, 5.74) is 1.04. The normalized spacial score (nSPS) is 9.40. The predicted molar refractivity (Wildman–Crippen MR) is 58.9 cm³/mol. The first kappa shape index (κ1) is 11.3. The van der Waals surface area contributed by atoms with Gasteiger partial charge in [-0.3, -0.25) is 0 Å². The molecule has 0 aliphatic rings. The SMILES string of the molecule is CCN(CCC#N)c1ccnc(OC)c1. The Hall–Kier alpha value is -1.76. The smallest absolute Gasteiger partial charge is 0.214 e. The summed E-state index contributed by atoms with van der Waals surface area (Å²) >= 11 is 0. The van der Waals surface area contributed by atoms with Gasteiger partial charge in [-0.25, -0.2) is 4.98 Å². The number of methoxy groups -OCH3 is 1. The monoisotopic (exact) mass is 205 g/mol. The lowest BCUT2D eigenvalue weighted by Crippen LogP contribution is -2.23. The Morgan fingerprint density at radius 1 is 1.60 bits per heavy atom. The second kappa shape index (κ2) is 5.86. The van der Waals surface area contributed by atoms with Gasteiger partial charge in [-0.2, -0.15) is 5.26 Å². The lowest BCUT2D eigenvalue weighted by Gasteiger charge is -2.21. The zero-order valence-corrected chi connectivity index (χ0v) is 9.10. The van der Waals surface area contributed by atoms with Crippen LogP contribution in [0.5, 0.6) is 5.88 Å². The van der Waals surface area contributed by atoms with Crippen molar-refractivity contribution in [2.24, 2.45) is 0 Å². The van der Waals surface area contributed by atoms with Crippen LogP contribution in [0.1, 0.15) is 13.3 Å². The molecule has 0 unspecified atom stereocenters. The van der Waals surface area contributed by atoms with E-state index in [1.807, 2.05) is 12.1 Å². The van der Waals surface area contributed by atoms with Gasteiger partial charge in [-0.1, -0.05) is 0 Å². The van der Waals surface area contributed by atoms with Crippen molar-refractivity contribution in [3.05, 3.63) is 18.3 Å². The number of nitriles is 1. The molecule has 0 bridgehead atoms. The van der Waals surface area contributed by atoms with E-state index >= 15 is 0 Å². The number of nitrogens with zero attached hydrogens (tertiary/aromatic N) is 3. The molecule has 1 rings (SSSR count). The Kier molecular flexibility index (Phi) is 4.42. The second-order valence-electron chi connectivity index (χ2n) is 3.04. The summed E-state index contributed by atoms with van der Waals surface area (Å²) in [6.45, 7) is 3.67. The summed E-state index contributed by atoms with van der Waals surface area (Å²) in [6.07, 6.45) is 2.24. The zero-order valence-electron chi connectivity index (χ0n) is 9.10. The van der Waals surface area contributed by atoms with Crippen molar-refractivity contribution >= 4 is 5.69 Å². The molecule has 0 radical (unpaired) electrons. The zero-order chi connectivity index (χ0) is 11.1.